The van der Waals surface area contributed by atoms with Crippen molar-refractivity contribution in [2.24, 2.45) is 0 Å². The summed E-state index contributed by atoms with van der Waals surface area (Å²) < 4.78 is 16.5. The second-order valence-electron chi connectivity index (χ2n) is 6.45. The highest BCUT2D eigenvalue weighted by Gasteiger charge is 2.25. The normalized spacial score (nSPS) is 18.6. The van der Waals surface area contributed by atoms with Gasteiger partial charge in [0.25, 0.3) is 11.8 Å². The van der Waals surface area contributed by atoms with Crippen LogP contribution in [0.3, 0.4) is 0 Å². The molecule has 0 spiro atoms. The Labute approximate surface area is 163 Å². The van der Waals surface area contributed by atoms with E-state index in [-0.39, 0.29) is 36.2 Å². The molecule has 1 N–H and O–H groups in total. The molecule has 0 atom stereocenters. The first-order chi connectivity index (χ1) is 13.7. The number of hydrogen-bond donors (Lipinski definition) is 1. The highest BCUT2D eigenvalue weighted by Crippen LogP contribution is 2.24. The van der Waals surface area contributed by atoms with Crippen LogP contribution in [0, 0.1) is 11.3 Å². The number of aromatic nitrogens is 2. The van der Waals surface area contributed by atoms with E-state index in [0.717, 1.165) is 25.7 Å². The molecule has 8 nitrogen and oxygen atoms in total. The minimum absolute atomic E-state index is 0.0371. The van der Waals surface area contributed by atoms with E-state index in [1.807, 2.05) is 18.2 Å². The SMILES string of the molecule is COc1cccc(OCC(=O)NC2CCC(Oc3nccnc3C#N)CC2)c1. The molecule has 8 heteroatoms. The highest BCUT2D eigenvalue weighted by molar-refractivity contribution is 5.77. The van der Waals surface area contributed by atoms with Gasteiger partial charge in [-0.1, -0.05) is 6.07 Å². The summed E-state index contributed by atoms with van der Waals surface area (Å²) in [5.74, 6) is 1.37. The van der Waals surface area contributed by atoms with Crippen LogP contribution in [0.15, 0.2) is 36.7 Å². The molecule has 1 aromatic carbocycles. The average Bonchev–Trinajstić information content (AvgIpc) is 2.74. The number of nitriles is 1. The Morgan fingerprint density at radius 1 is 1.21 bits per heavy atom. The van der Waals surface area contributed by atoms with Crippen LogP contribution in [-0.2, 0) is 4.79 Å². The third-order valence-electron chi connectivity index (χ3n) is 4.50. The van der Waals surface area contributed by atoms with Gasteiger partial charge in [0.05, 0.1) is 7.11 Å². The Morgan fingerprint density at radius 3 is 2.71 bits per heavy atom. The number of benzene rings is 1. The molecule has 0 unspecified atom stereocenters. The van der Waals surface area contributed by atoms with Gasteiger partial charge in [-0.15, -0.1) is 0 Å². The molecule has 1 aliphatic rings. The number of nitrogens with one attached hydrogen (secondary N) is 1. The second-order valence-corrected chi connectivity index (χ2v) is 6.45. The molecule has 1 heterocycles. The van der Waals surface area contributed by atoms with Gasteiger partial charge in [0.2, 0.25) is 5.69 Å². The first-order valence-corrected chi connectivity index (χ1v) is 9.12. The number of amides is 1. The van der Waals surface area contributed by atoms with Crippen molar-refractivity contribution in [1.29, 1.82) is 5.26 Å². The van der Waals surface area contributed by atoms with Crippen LogP contribution in [0.1, 0.15) is 31.4 Å². The van der Waals surface area contributed by atoms with Crippen LogP contribution in [0.2, 0.25) is 0 Å². The molecule has 1 aromatic heterocycles. The molecule has 1 fully saturated rings. The van der Waals surface area contributed by atoms with Crippen molar-refractivity contribution in [1.82, 2.24) is 15.3 Å². The van der Waals surface area contributed by atoms with E-state index >= 15 is 0 Å². The summed E-state index contributed by atoms with van der Waals surface area (Å²) >= 11 is 0. The van der Waals surface area contributed by atoms with Crippen LogP contribution in [0.4, 0.5) is 0 Å². The van der Waals surface area contributed by atoms with Gasteiger partial charge in [0, 0.05) is 24.5 Å². The molecule has 28 heavy (non-hydrogen) atoms. The van der Waals surface area contributed by atoms with Crippen molar-refractivity contribution in [2.45, 2.75) is 37.8 Å². The minimum atomic E-state index is -0.159. The fourth-order valence-electron chi connectivity index (χ4n) is 3.08. The molecule has 1 amide bonds. The summed E-state index contributed by atoms with van der Waals surface area (Å²) in [7, 11) is 1.58. The first kappa shape index (κ1) is 19.4. The number of nitrogens with zero attached hydrogens (tertiary/aromatic N) is 3. The van der Waals surface area contributed by atoms with Crippen molar-refractivity contribution in [3.8, 4) is 23.4 Å². The molecule has 3 rings (SSSR count). The molecule has 146 valence electrons. The van der Waals surface area contributed by atoms with E-state index in [1.165, 1.54) is 12.4 Å². The van der Waals surface area contributed by atoms with Gasteiger partial charge in [-0.2, -0.15) is 5.26 Å². The summed E-state index contributed by atoms with van der Waals surface area (Å²) in [5.41, 5.74) is 0.188. The van der Waals surface area contributed by atoms with E-state index in [0.29, 0.717) is 11.5 Å². The fraction of sp³-hybridized carbons (Fsp3) is 0.400. The molecule has 2 aromatic rings. The Bertz CT molecular complexity index is 844. The van der Waals surface area contributed by atoms with Gasteiger partial charge in [-0.25, -0.2) is 9.97 Å². The number of ether oxygens (including phenoxy) is 3. The topological polar surface area (TPSA) is 106 Å². The van der Waals surface area contributed by atoms with E-state index in [4.69, 9.17) is 19.5 Å². The lowest BCUT2D eigenvalue weighted by Gasteiger charge is -2.29. The van der Waals surface area contributed by atoms with Gasteiger partial charge in [0.15, 0.2) is 6.61 Å². The molecular formula is C20H22N4O4. The van der Waals surface area contributed by atoms with Gasteiger partial charge in [-0.3, -0.25) is 4.79 Å². The van der Waals surface area contributed by atoms with Crippen molar-refractivity contribution in [2.75, 3.05) is 13.7 Å². The summed E-state index contributed by atoms with van der Waals surface area (Å²) in [6.07, 6.45) is 6.04. The highest BCUT2D eigenvalue weighted by atomic mass is 16.5. The van der Waals surface area contributed by atoms with Crippen LogP contribution in [-0.4, -0.2) is 41.7 Å². The first-order valence-electron chi connectivity index (χ1n) is 9.12. The van der Waals surface area contributed by atoms with Crippen LogP contribution >= 0.6 is 0 Å². The molecular weight excluding hydrogens is 360 g/mol. The van der Waals surface area contributed by atoms with Crippen molar-refractivity contribution in [3.05, 3.63) is 42.4 Å². The van der Waals surface area contributed by atoms with Crippen LogP contribution in [0.25, 0.3) is 0 Å². The Hall–Kier alpha value is -3.34. The zero-order chi connectivity index (χ0) is 19.8. The van der Waals surface area contributed by atoms with E-state index in [1.54, 1.807) is 19.2 Å². The molecule has 0 saturated heterocycles. The molecule has 1 saturated carbocycles. The van der Waals surface area contributed by atoms with Crippen LogP contribution < -0.4 is 19.5 Å². The number of rotatable bonds is 7. The second kappa shape index (κ2) is 9.55. The lowest BCUT2D eigenvalue weighted by molar-refractivity contribution is -0.124. The third kappa shape index (κ3) is 5.33. The van der Waals surface area contributed by atoms with Gasteiger partial charge in [0.1, 0.15) is 23.7 Å². The lowest BCUT2D eigenvalue weighted by atomic mass is 9.93. The number of carbonyl (C=O) groups excluding carboxylic acids is 1. The predicted octanol–water partition coefficient (Wildman–Crippen LogP) is 2.24. The monoisotopic (exact) mass is 382 g/mol. The number of hydrogen-bond acceptors (Lipinski definition) is 7. The van der Waals surface area contributed by atoms with Gasteiger partial charge in [-0.05, 0) is 37.8 Å². The number of carbonyl (C=O) groups is 1. The lowest BCUT2D eigenvalue weighted by Crippen LogP contribution is -2.41. The van der Waals surface area contributed by atoms with E-state index < -0.39 is 0 Å². The van der Waals surface area contributed by atoms with Gasteiger partial charge < -0.3 is 19.5 Å². The molecule has 0 radical (unpaired) electrons. The van der Waals surface area contributed by atoms with E-state index in [9.17, 15) is 4.79 Å². The van der Waals surface area contributed by atoms with E-state index in [2.05, 4.69) is 15.3 Å². The van der Waals surface area contributed by atoms with Crippen molar-refractivity contribution >= 4 is 5.91 Å². The van der Waals surface area contributed by atoms with Gasteiger partial charge >= 0.3 is 0 Å². The minimum Gasteiger partial charge on any atom is -0.497 e. The summed E-state index contributed by atoms with van der Waals surface area (Å²) in [6, 6.07) is 9.19. The summed E-state index contributed by atoms with van der Waals surface area (Å²) in [4.78, 5) is 20.2. The largest absolute Gasteiger partial charge is 0.497 e. The molecule has 1 aliphatic carbocycles. The maximum atomic E-state index is 12.1. The van der Waals surface area contributed by atoms with Crippen molar-refractivity contribution < 1.29 is 19.0 Å². The third-order valence-corrected chi connectivity index (χ3v) is 4.50. The standard InChI is InChI=1S/C20H22N4O4/c1-26-16-3-2-4-17(11-16)27-13-19(25)24-14-5-7-15(8-6-14)28-20-18(12-21)22-9-10-23-20/h2-4,9-11,14-15H,5-8,13H2,1H3,(H,24,25). The summed E-state index contributed by atoms with van der Waals surface area (Å²) in [6.45, 7) is -0.0469. The predicted molar refractivity (Wildman–Crippen MR) is 100 cm³/mol. The zero-order valence-electron chi connectivity index (χ0n) is 15.6. The Kier molecular flexibility index (Phi) is 6.63. The Morgan fingerprint density at radius 2 is 1.96 bits per heavy atom. The fourth-order valence-corrected chi connectivity index (χ4v) is 3.08. The quantitative estimate of drug-likeness (QED) is 0.782. The smallest absolute Gasteiger partial charge is 0.258 e. The average molecular weight is 382 g/mol. The maximum Gasteiger partial charge on any atom is 0.258 e. The maximum absolute atomic E-state index is 12.1. The molecule has 0 aliphatic heterocycles. The zero-order valence-corrected chi connectivity index (χ0v) is 15.6. The summed E-state index contributed by atoms with van der Waals surface area (Å²) in [5, 5.41) is 12.0. The number of methoxy groups -OCH3 is 1. The molecule has 0 bridgehead atoms. The Balaban J connectivity index is 1.41. The van der Waals surface area contributed by atoms with Crippen LogP contribution in [0.5, 0.6) is 17.4 Å². The van der Waals surface area contributed by atoms with Crippen molar-refractivity contribution in [3.63, 3.8) is 0 Å².